The molecule has 1 rings (SSSR count). The fraction of sp³-hybridized carbons (Fsp3) is 0.704. The van der Waals surface area contributed by atoms with Gasteiger partial charge in [0.15, 0.2) is 6.10 Å². The number of nitrogens with zero attached hydrogens (tertiary/aromatic N) is 1. The van der Waals surface area contributed by atoms with E-state index >= 15 is 0 Å². The van der Waals surface area contributed by atoms with Crippen LogP contribution in [0.5, 0.6) is 5.75 Å². The fourth-order valence-electron chi connectivity index (χ4n) is 3.48. The SMILES string of the molecule is CCCCCCCCN(CCOc1ccc(CC(OCC)C(=O)O)cc1)C(=O)NCC(C)(C)C. The molecule has 0 saturated carbocycles. The summed E-state index contributed by atoms with van der Waals surface area (Å²) in [5, 5.41) is 12.3. The molecule has 194 valence electrons. The lowest BCUT2D eigenvalue weighted by Crippen LogP contribution is -2.45. The summed E-state index contributed by atoms with van der Waals surface area (Å²) in [6, 6.07) is 7.33. The maximum Gasteiger partial charge on any atom is 0.333 e. The first kappa shape index (κ1) is 29.8. The normalized spacial score (nSPS) is 12.3. The van der Waals surface area contributed by atoms with Gasteiger partial charge in [-0.05, 0) is 36.5 Å². The third-order valence-electron chi connectivity index (χ3n) is 5.46. The van der Waals surface area contributed by atoms with E-state index in [0.717, 1.165) is 24.9 Å². The van der Waals surface area contributed by atoms with Gasteiger partial charge in [-0.25, -0.2) is 9.59 Å². The monoisotopic (exact) mass is 478 g/mol. The number of unbranched alkanes of at least 4 members (excludes halogenated alkanes) is 5. The molecule has 0 aromatic heterocycles. The summed E-state index contributed by atoms with van der Waals surface area (Å²) in [5.41, 5.74) is 0.904. The molecule has 0 aliphatic carbocycles. The van der Waals surface area contributed by atoms with E-state index in [1.807, 2.05) is 29.2 Å². The van der Waals surface area contributed by atoms with E-state index in [0.29, 0.717) is 38.5 Å². The Kier molecular flexibility index (Phi) is 14.3. The van der Waals surface area contributed by atoms with E-state index in [1.54, 1.807) is 6.92 Å². The van der Waals surface area contributed by atoms with Crippen LogP contribution in [-0.4, -0.2) is 61.0 Å². The molecule has 7 nitrogen and oxygen atoms in total. The van der Waals surface area contributed by atoms with Crippen molar-refractivity contribution >= 4 is 12.0 Å². The van der Waals surface area contributed by atoms with Crippen molar-refractivity contribution in [1.29, 1.82) is 0 Å². The summed E-state index contributed by atoms with van der Waals surface area (Å²) >= 11 is 0. The summed E-state index contributed by atoms with van der Waals surface area (Å²) in [5.74, 6) is -0.265. The number of urea groups is 1. The third-order valence-corrected chi connectivity index (χ3v) is 5.46. The summed E-state index contributed by atoms with van der Waals surface area (Å²) < 4.78 is 11.2. The molecule has 0 radical (unpaired) electrons. The number of benzene rings is 1. The van der Waals surface area contributed by atoms with Crippen molar-refractivity contribution in [2.45, 2.75) is 85.7 Å². The summed E-state index contributed by atoms with van der Waals surface area (Å²) in [6.07, 6.45) is 6.54. The Balaban J connectivity index is 2.56. The first-order valence-electron chi connectivity index (χ1n) is 12.7. The first-order valence-corrected chi connectivity index (χ1v) is 12.7. The first-order chi connectivity index (χ1) is 16.2. The molecule has 1 aromatic rings. The molecule has 0 heterocycles. The zero-order chi connectivity index (χ0) is 25.4. The highest BCUT2D eigenvalue weighted by molar-refractivity contribution is 5.74. The number of carbonyl (C=O) groups is 2. The minimum Gasteiger partial charge on any atom is -0.492 e. The quantitative estimate of drug-likeness (QED) is 0.288. The molecule has 0 spiro atoms. The van der Waals surface area contributed by atoms with Gasteiger partial charge in [0, 0.05) is 26.1 Å². The second-order valence-corrected chi connectivity index (χ2v) is 9.95. The maximum atomic E-state index is 12.8. The van der Waals surface area contributed by atoms with E-state index < -0.39 is 12.1 Å². The number of aliphatic carboxylic acids is 1. The van der Waals surface area contributed by atoms with Gasteiger partial charge in [-0.15, -0.1) is 0 Å². The van der Waals surface area contributed by atoms with Gasteiger partial charge in [0.25, 0.3) is 0 Å². The maximum absolute atomic E-state index is 12.8. The Morgan fingerprint density at radius 3 is 2.24 bits per heavy atom. The average molecular weight is 479 g/mol. The van der Waals surface area contributed by atoms with Crippen LogP contribution in [0.2, 0.25) is 0 Å². The number of carbonyl (C=O) groups excluding carboxylic acids is 1. The molecule has 0 saturated heterocycles. The number of hydrogen-bond acceptors (Lipinski definition) is 4. The number of carboxylic acids is 1. The van der Waals surface area contributed by atoms with E-state index in [9.17, 15) is 14.7 Å². The molecule has 1 unspecified atom stereocenters. The minimum atomic E-state index is -0.961. The van der Waals surface area contributed by atoms with Crippen LogP contribution in [0.1, 0.15) is 78.7 Å². The van der Waals surface area contributed by atoms with Gasteiger partial charge in [0.2, 0.25) is 0 Å². The van der Waals surface area contributed by atoms with Crippen molar-refractivity contribution in [2.75, 3.05) is 32.8 Å². The topological polar surface area (TPSA) is 88.1 Å². The standard InChI is InChI=1S/C27H46N2O5/c1-6-8-9-10-11-12-17-29(26(32)28-21-27(3,4)5)18-19-34-23-15-13-22(14-16-23)20-24(25(30)31)33-7-2/h13-16,24H,6-12,17-21H2,1-5H3,(H,28,32)(H,30,31). The van der Waals surface area contributed by atoms with Crippen LogP contribution in [-0.2, 0) is 16.0 Å². The molecular formula is C27H46N2O5. The summed E-state index contributed by atoms with van der Waals surface area (Å²) in [6.45, 7) is 12.9. The van der Waals surface area contributed by atoms with E-state index in [2.05, 4.69) is 33.0 Å². The predicted molar refractivity (Wildman–Crippen MR) is 136 cm³/mol. The predicted octanol–water partition coefficient (Wildman–Crippen LogP) is 5.52. The second kappa shape index (κ2) is 16.4. The van der Waals surface area contributed by atoms with E-state index in [1.165, 1.54) is 25.7 Å². The lowest BCUT2D eigenvalue weighted by Gasteiger charge is -2.26. The third kappa shape index (κ3) is 13.4. The molecule has 1 atom stereocenters. The highest BCUT2D eigenvalue weighted by atomic mass is 16.5. The van der Waals surface area contributed by atoms with Gasteiger partial charge in [-0.3, -0.25) is 0 Å². The van der Waals surface area contributed by atoms with Gasteiger partial charge < -0.3 is 24.8 Å². The molecule has 34 heavy (non-hydrogen) atoms. The second-order valence-electron chi connectivity index (χ2n) is 9.95. The van der Waals surface area contributed by atoms with E-state index in [4.69, 9.17) is 9.47 Å². The van der Waals surface area contributed by atoms with Gasteiger partial charge >= 0.3 is 12.0 Å². The number of carboxylic acid groups (broad SMARTS) is 1. The van der Waals surface area contributed by atoms with Crippen LogP contribution in [0.15, 0.2) is 24.3 Å². The molecular weight excluding hydrogens is 432 g/mol. The van der Waals surface area contributed by atoms with E-state index in [-0.39, 0.29) is 11.4 Å². The number of nitrogens with one attached hydrogen (secondary N) is 1. The van der Waals surface area contributed by atoms with Gasteiger partial charge in [-0.2, -0.15) is 0 Å². The van der Waals surface area contributed by atoms with Crippen LogP contribution in [0.4, 0.5) is 4.79 Å². The van der Waals surface area contributed by atoms with Crippen LogP contribution in [0.3, 0.4) is 0 Å². The average Bonchev–Trinajstić information content (AvgIpc) is 2.78. The Morgan fingerprint density at radius 1 is 1.00 bits per heavy atom. The molecule has 0 aliphatic rings. The molecule has 2 amide bonds. The van der Waals surface area contributed by atoms with Gasteiger partial charge in [-0.1, -0.05) is 71.9 Å². The van der Waals surface area contributed by atoms with Crippen molar-refractivity contribution in [2.24, 2.45) is 5.41 Å². The number of amides is 2. The number of rotatable bonds is 17. The fourth-order valence-corrected chi connectivity index (χ4v) is 3.48. The Morgan fingerprint density at radius 2 is 1.65 bits per heavy atom. The Labute approximate surface area is 206 Å². The van der Waals surface area contributed by atoms with Gasteiger partial charge in [0.05, 0.1) is 6.54 Å². The van der Waals surface area contributed by atoms with Crippen molar-refractivity contribution < 1.29 is 24.2 Å². The van der Waals surface area contributed by atoms with Gasteiger partial charge in [0.1, 0.15) is 12.4 Å². The lowest BCUT2D eigenvalue weighted by atomic mass is 9.97. The molecule has 0 aliphatic heterocycles. The molecule has 7 heteroatoms. The molecule has 0 fully saturated rings. The van der Waals surface area contributed by atoms with Crippen LogP contribution >= 0.6 is 0 Å². The molecule has 2 N–H and O–H groups in total. The lowest BCUT2D eigenvalue weighted by molar-refractivity contribution is -0.149. The van der Waals surface area contributed by atoms with Crippen molar-refractivity contribution in [3.8, 4) is 5.75 Å². The summed E-state index contributed by atoms with van der Waals surface area (Å²) in [4.78, 5) is 25.9. The number of ether oxygens (including phenoxy) is 2. The van der Waals surface area contributed by atoms with Crippen LogP contribution < -0.4 is 10.1 Å². The molecule has 1 aromatic carbocycles. The zero-order valence-corrected chi connectivity index (χ0v) is 21.9. The van der Waals surface area contributed by atoms with Crippen molar-refractivity contribution in [3.05, 3.63) is 29.8 Å². The highest BCUT2D eigenvalue weighted by Crippen LogP contribution is 2.15. The number of hydrogen-bond donors (Lipinski definition) is 2. The van der Waals surface area contributed by atoms with Crippen LogP contribution in [0.25, 0.3) is 0 Å². The Hall–Kier alpha value is -2.28. The minimum absolute atomic E-state index is 0.0293. The summed E-state index contributed by atoms with van der Waals surface area (Å²) in [7, 11) is 0. The smallest absolute Gasteiger partial charge is 0.333 e. The van der Waals surface area contributed by atoms with Crippen molar-refractivity contribution in [3.63, 3.8) is 0 Å². The Bertz CT molecular complexity index is 700. The van der Waals surface area contributed by atoms with Crippen molar-refractivity contribution in [1.82, 2.24) is 10.2 Å². The molecule has 0 bridgehead atoms. The largest absolute Gasteiger partial charge is 0.492 e. The zero-order valence-electron chi connectivity index (χ0n) is 21.9. The highest BCUT2D eigenvalue weighted by Gasteiger charge is 2.18. The van der Waals surface area contributed by atoms with Crippen LogP contribution in [0, 0.1) is 5.41 Å².